The summed E-state index contributed by atoms with van der Waals surface area (Å²) < 4.78 is 12.2. The molecular formula is C41H55N7O8. The maximum absolute atomic E-state index is 14.1. The van der Waals surface area contributed by atoms with Crippen LogP contribution in [0.15, 0.2) is 73.2 Å². The standard InChI is InChI=1S/C41H55N7O8/c1-40(2,3)56-39(54)45-31(24-29-25-42-26-47(29)6)36(51)48-22-14-19-33(48)35(50)46-41(4,5)38(53)44-30(21-20-27-15-10-8-11-16-27)34(49)43-32(37(52)55-7)23-28-17-12-9-13-18-28/h8-13,15-18,25-26,30-33H,14,19-24H2,1-7H3,(H,43,49)(H,44,53)(H,45,54)(H,46,50)/t30-,31-,32-,33+/m0/s1. The molecule has 1 aliphatic heterocycles. The molecule has 1 saturated heterocycles. The van der Waals surface area contributed by atoms with E-state index in [0.717, 1.165) is 11.1 Å². The van der Waals surface area contributed by atoms with E-state index in [0.29, 0.717) is 25.0 Å². The van der Waals surface area contributed by atoms with Gasteiger partial charge in [-0.15, -0.1) is 0 Å². The summed E-state index contributed by atoms with van der Waals surface area (Å²) in [6, 6.07) is 14.5. The Kier molecular flexibility index (Phi) is 14.8. The molecule has 302 valence electrons. The highest BCUT2D eigenvalue weighted by atomic mass is 16.6. The number of nitrogens with one attached hydrogen (secondary N) is 4. The number of aryl methyl sites for hydroxylation is 2. The van der Waals surface area contributed by atoms with Gasteiger partial charge in [0.05, 0.1) is 13.4 Å². The van der Waals surface area contributed by atoms with E-state index in [1.807, 2.05) is 60.7 Å². The van der Waals surface area contributed by atoms with Crippen LogP contribution in [0.2, 0.25) is 0 Å². The Labute approximate surface area is 328 Å². The average molecular weight is 774 g/mol. The summed E-state index contributed by atoms with van der Waals surface area (Å²) >= 11 is 0. The van der Waals surface area contributed by atoms with Gasteiger partial charge in [-0.05, 0) is 71.4 Å². The number of imidazole rings is 1. The first-order valence-electron chi connectivity index (χ1n) is 18.8. The number of methoxy groups -OCH3 is 1. The van der Waals surface area contributed by atoms with Crippen LogP contribution in [0.25, 0.3) is 0 Å². The number of rotatable bonds is 16. The van der Waals surface area contributed by atoms with Crippen molar-refractivity contribution < 1.29 is 38.2 Å². The maximum atomic E-state index is 14.1. The van der Waals surface area contributed by atoms with Crippen LogP contribution < -0.4 is 21.3 Å². The molecule has 1 aliphatic rings. The van der Waals surface area contributed by atoms with Gasteiger partial charge in [-0.25, -0.2) is 14.6 Å². The summed E-state index contributed by atoms with van der Waals surface area (Å²) in [5, 5.41) is 11.0. The Bertz CT molecular complexity index is 1820. The lowest BCUT2D eigenvalue weighted by Crippen LogP contribution is -2.62. The van der Waals surface area contributed by atoms with E-state index >= 15 is 0 Å². The molecule has 0 aliphatic carbocycles. The molecule has 1 aromatic heterocycles. The van der Waals surface area contributed by atoms with Crippen LogP contribution in [0.3, 0.4) is 0 Å². The molecule has 1 fully saturated rings. The first-order valence-corrected chi connectivity index (χ1v) is 18.8. The molecule has 2 heterocycles. The second kappa shape index (κ2) is 19.2. The van der Waals surface area contributed by atoms with E-state index < -0.39 is 71.0 Å². The summed E-state index contributed by atoms with van der Waals surface area (Å²) in [7, 11) is 3.01. The van der Waals surface area contributed by atoms with Crippen molar-refractivity contribution in [3.05, 3.63) is 90.0 Å². The number of nitrogens with zero attached hydrogens (tertiary/aromatic N) is 3. The largest absolute Gasteiger partial charge is 0.467 e. The van der Waals surface area contributed by atoms with Gasteiger partial charge in [0.15, 0.2) is 0 Å². The van der Waals surface area contributed by atoms with E-state index in [9.17, 15) is 28.8 Å². The lowest BCUT2D eigenvalue weighted by atomic mass is 9.99. The Hall–Kier alpha value is -5.73. The van der Waals surface area contributed by atoms with Gasteiger partial charge in [-0.1, -0.05) is 60.7 Å². The van der Waals surface area contributed by atoms with Crippen LogP contribution in [-0.2, 0) is 59.8 Å². The first kappa shape index (κ1) is 43.0. The first-order chi connectivity index (χ1) is 26.5. The Morgan fingerprint density at radius 3 is 2.07 bits per heavy atom. The number of aromatic nitrogens is 2. The smallest absolute Gasteiger partial charge is 0.408 e. The van der Waals surface area contributed by atoms with Crippen LogP contribution in [0.1, 0.15) is 70.7 Å². The Morgan fingerprint density at radius 1 is 0.839 bits per heavy atom. The summed E-state index contributed by atoms with van der Waals surface area (Å²) in [6.45, 7) is 8.42. The monoisotopic (exact) mass is 773 g/mol. The molecule has 5 amide bonds. The van der Waals surface area contributed by atoms with E-state index in [1.165, 1.54) is 25.9 Å². The van der Waals surface area contributed by atoms with Crippen molar-refractivity contribution >= 4 is 35.7 Å². The minimum atomic E-state index is -1.53. The van der Waals surface area contributed by atoms with Gasteiger partial charge < -0.3 is 40.2 Å². The van der Waals surface area contributed by atoms with Gasteiger partial charge in [-0.3, -0.25) is 19.2 Å². The molecule has 0 saturated carbocycles. The zero-order valence-corrected chi connectivity index (χ0v) is 33.3. The van der Waals surface area contributed by atoms with Crippen molar-refractivity contribution in [1.29, 1.82) is 0 Å². The molecule has 4 rings (SSSR count). The van der Waals surface area contributed by atoms with E-state index in [4.69, 9.17) is 9.47 Å². The number of ether oxygens (including phenoxy) is 2. The van der Waals surface area contributed by atoms with Gasteiger partial charge in [0.25, 0.3) is 0 Å². The normalized spacial score (nSPS) is 15.8. The Balaban J connectivity index is 1.49. The predicted octanol–water partition coefficient (Wildman–Crippen LogP) is 2.76. The fourth-order valence-electron chi connectivity index (χ4n) is 6.41. The lowest BCUT2D eigenvalue weighted by molar-refractivity contribution is -0.145. The lowest BCUT2D eigenvalue weighted by Gasteiger charge is -2.33. The zero-order chi connectivity index (χ0) is 41.0. The van der Waals surface area contributed by atoms with Gasteiger partial charge in [0.2, 0.25) is 23.6 Å². The minimum absolute atomic E-state index is 0.0991. The van der Waals surface area contributed by atoms with Crippen LogP contribution in [0.4, 0.5) is 4.79 Å². The van der Waals surface area contributed by atoms with Crippen LogP contribution in [0, 0.1) is 0 Å². The third kappa shape index (κ3) is 12.4. The van der Waals surface area contributed by atoms with Crippen molar-refractivity contribution in [2.75, 3.05) is 13.7 Å². The molecule has 3 aromatic rings. The van der Waals surface area contributed by atoms with E-state index in [2.05, 4.69) is 26.3 Å². The fourth-order valence-corrected chi connectivity index (χ4v) is 6.41. The molecule has 0 bridgehead atoms. The summed E-state index contributed by atoms with van der Waals surface area (Å²) in [5.41, 5.74) is 0.0870. The number of alkyl carbamates (subject to hydrolysis) is 1. The zero-order valence-electron chi connectivity index (χ0n) is 33.3. The minimum Gasteiger partial charge on any atom is -0.467 e. The van der Waals surface area contributed by atoms with Crippen molar-refractivity contribution in [3.8, 4) is 0 Å². The molecule has 0 unspecified atom stereocenters. The third-order valence-electron chi connectivity index (χ3n) is 9.43. The highest BCUT2D eigenvalue weighted by Crippen LogP contribution is 2.21. The molecule has 2 aromatic carbocycles. The second-order valence-corrected chi connectivity index (χ2v) is 15.5. The maximum Gasteiger partial charge on any atom is 0.408 e. The number of esters is 1. The molecule has 56 heavy (non-hydrogen) atoms. The number of carbonyl (C=O) groups excluding carboxylic acids is 6. The molecule has 4 N–H and O–H groups in total. The molecule has 4 atom stereocenters. The van der Waals surface area contributed by atoms with Crippen LogP contribution >= 0.6 is 0 Å². The average Bonchev–Trinajstić information content (AvgIpc) is 3.81. The van der Waals surface area contributed by atoms with Crippen molar-refractivity contribution in [2.45, 2.75) is 108 Å². The molecular weight excluding hydrogens is 718 g/mol. The number of amides is 5. The number of likely N-dealkylation sites (tertiary alicyclic amines) is 1. The Morgan fingerprint density at radius 2 is 1.48 bits per heavy atom. The van der Waals surface area contributed by atoms with E-state index in [-0.39, 0.29) is 25.8 Å². The molecule has 15 heteroatoms. The second-order valence-electron chi connectivity index (χ2n) is 15.5. The van der Waals surface area contributed by atoms with Crippen molar-refractivity contribution in [3.63, 3.8) is 0 Å². The highest BCUT2D eigenvalue weighted by Gasteiger charge is 2.42. The summed E-state index contributed by atoms with van der Waals surface area (Å²) in [4.78, 5) is 86.9. The van der Waals surface area contributed by atoms with Crippen LogP contribution in [-0.4, -0.2) is 99.1 Å². The predicted molar refractivity (Wildman–Crippen MR) is 208 cm³/mol. The van der Waals surface area contributed by atoms with Crippen molar-refractivity contribution in [2.24, 2.45) is 7.05 Å². The van der Waals surface area contributed by atoms with Crippen molar-refractivity contribution in [1.82, 2.24) is 35.7 Å². The number of benzene rings is 2. The fraction of sp³-hybridized carbons (Fsp3) is 0.488. The third-order valence-corrected chi connectivity index (χ3v) is 9.43. The summed E-state index contributed by atoms with van der Waals surface area (Å²) in [5.74, 6) is -2.92. The van der Waals surface area contributed by atoms with Crippen LogP contribution in [0.5, 0.6) is 0 Å². The number of hydrogen-bond donors (Lipinski definition) is 4. The number of carbonyl (C=O) groups is 6. The van der Waals surface area contributed by atoms with Gasteiger partial charge in [-0.2, -0.15) is 0 Å². The quantitative estimate of drug-likeness (QED) is 0.159. The van der Waals surface area contributed by atoms with Gasteiger partial charge >= 0.3 is 12.1 Å². The topological polar surface area (TPSA) is 190 Å². The number of hydrogen-bond acceptors (Lipinski definition) is 9. The molecule has 0 radical (unpaired) electrons. The SMILES string of the molecule is COC(=O)[C@H](Cc1ccccc1)NC(=O)[C@H](CCc1ccccc1)NC(=O)C(C)(C)NC(=O)[C@H]1CCCN1C(=O)[C@H](Cc1cncn1C)NC(=O)OC(C)(C)C. The van der Waals surface area contributed by atoms with E-state index in [1.54, 1.807) is 44.9 Å². The van der Waals surface area contributed by atoms with Gasteiger partial charge in [0, 0.05) is 38.3 Å². The van der Waals surface area contributed by atoms with Gasteiger partial charge in [0.1, 0.15) is 35.3 Å². The summed E-state index contributed by atoms with van der Waals surface area (Å²) in [6.07, 6.45) is 4.16. The molecule has 15 nitrogen and oxygen atoms in total. The molecule has 0 spiro atoms. The highest BCUT2D eigenvalue weighted by molar-refractivity contribution is 5.97.